The molecule has 0 heterocycles. The fraction of sp³-hybridized carbons (Fsp3) is 0.429. The summed E-state index contributed by atoms with van der Waals surface area (Å²) < 4.78 is 0. The van der Waals surface area contributed by atoms with Crippen LogP contribution in [0.3, 0.4) is 0 Å². The Kier molecular flexibility index (Phi) is 5.78. The van der Waals surface area contributed by atoms with Gasteiger partial charge >= 0.3 is 0 Å². The van der Waals surface area contributed by atoms with E-state index in [9.17, 15) is 5.11 Å². The first kappa shape index (κ1) is 20.1. The first-order valence-corrected chi connectivity index (χ1v) is 9.21. The van der Waals surface area contributed by atoms with Crippen molar-refractivity contribution in [3.63, 3.8) is 0 Å². The third-order valence-corrected chi connectivity index (χ3v) is 4.63. The average molecular weight is 380 g/mol. The highest BCUT2D eigenvalue weighted by atomic mass is 35.5. The number of hydrogen-bond donors (Lipinski definition) is 2. The molecule has 0 aromatic heterocycles. The van der Waals surface area contributed by atoms with Gasteiger partial charge in [-0.1, -0.05) is 56.1 Å². The summed E-state index contributed by atoms with van der Waals surface area (Å²) in [6, 6.07) is 9.44. The summed E-state index contributed by atoms with van der Waals surface area (Å²) in [7, 11) is 0. The van der Waals surface area contributed by atoms with Crippen LogP contribution in [0, 0.1) is 0 Å². The molecule has 25 heavy (non-hydrogen) atoms. The largest absolute Gasteiger partial charge is 0.507 e. The Hall–Kier alpha value is -1.22. The molecule has 0 radical (unpaired) electrons. The van der Waals surface area contributed by atoms with Gasteiger partial charge in [-0.05, 0) is 49.9 Å². The van der Waals surface area contributed by atoms with Gasteiger partial charge in [-0.2, -0.15) is 0 Å². The molecular weight excluding hydrogens is 353 g/mol. The molecule has 0 bridgehead atoms. The van der Waals surface area contributed by atoms with Crippen molar-refractivity contribution in [1.82, 2.24) is 5.32 Å². The lowest BCUT2D eigenvalue weighted by atomic mass is 9.83. The van der Waals surface area contributed by atoms with E-state index in [-0.39, 0.29) is 16.7 Å². The lowest BCUT2D eigenvalue weighted by molar-refractivity contribution is 0.411. The summed E-state index contributed by atoms with van der Waals surface area (Å²) in [5.74, 6) is 0.258. The van der Waals surface area contributed by atoms with Crippen molar-refractivity contribution in [3.05, 3.63) is 51.5 Å². The van der Waals surface area contributed by atoms with Crippen molar-refractivity contribution in [3.8, 4) is 16.9 Å². The molecule has 2 aromatic carbocycles. The van der Waals surface area contributed by atoms with Gasteiger partial charge in [0.25, 0.3) is 0 Å². The number of phenols is 1. The summed E-state index contributed by atoms with van der Waals surface area (Å²) in [4.78, 5) is 0. The van der Waals surface area contributed by atoms with E-state index in [1.165, 1.54) is 0 Å². The smallest absolute Gasteiger partial charge is 0.127 e. The molecule has 0 amide bonds. The minimum Gasteiger partial charge on any atom is -0.507 e. The zero-order valence-electron chi connectivity index (χ0n) is 15.8. The maximum atomic E-state index is 10.9. The molecule has 0 aliphatic rings. The molecule has 0 saturated heterocycles. The van der Waals surface area contributed by atoms with E-state index in [4.69, 9.17) is 23.2 Å². The number of rotatable bonds is 3. The predicted molar refractivity (Wildman–Crippen MR) is 109 cm³/mol. The van der Waals surface area contributed by atoms with Crippen molar-refractivity contribution in [2.24, 2.45) is 0 Å². The molecule has 0 fully saturated rings. The first-order valence-electron chi connectivity index (χ1n) is 8.45. The van der Waals surface area contributed by atoms with Crippen LogP contribution in [0.1, 0.15) is 52.7 Å². The molecule has 0 aliphatic carbocycles. The highest BCUT2D eigenvalue weighted by molar-refractivity contribution is 6.36. The molecule has 2 N–H and O–H groups in total. The second-order valence-electron chi connectivity index (χ2n) is 8.51. The SMILES string of the molecule is CC(C)(C)NCc1cc(C(C)(C)C)cc(-c2ccc(Cl)cc2Cl)c1O. The Bertz CT molecular complexity index is 771. The molecule has 0 aliphatic heterocycles. The highest BCUT2D eigenvalue weighted by Gasteiger charge is 2.21. The van der Waals surface area contributed by atoms with E-state index in [0.29, 0.717) is 16.6 Å². The van der Waals surface area contributed by atoms with Crippen LogP contribution < -0.4 is 5.32 Å². The quantitative estimate of drug-likeness (QED) is 0.633. The van der Waals surface area contributed by atoms with Crippen molar-refractivity contribution in [2.75, 3.05) is 0 Å². The number of nitrogens with one attached hydrogen (secondary N) is 1. The first-order chi connectivity index (χ1) is 11.4. The lowest BCUT2D eigenvalue weighted by Gasteiger charge is -2.25. The van der Waals surface area contributed by atoms with E-state index in [1.807, 2.05) is 12.1 Å². The van der Waals surface area contributed by atoms with Gasteiger partial charge in [-0.3, -0.25) is 0 Å². The van der Waals surface area contributed by atoms with Gasteiger partial charge in [0, 0.05) is 33.8 Å². The summed E-state index contributed by atoms with van der Waals surface area (Å²) in [6.45, 7) is 13.4. The monoisotopic (exact) mass is 379 g/mol. The topological polar surface area (TPSA) is 32.3 Å². The van der Waals surface area contributed by atoms with Crippen LogP contribution in [0.2, 0.25) is 10.0 Å². The van der Waals surface area contributed by atoms with Gasteiger partial charge in [0.2, 0.25) is 0 Å². The third kappa shape index (κ3) is 5.13. The Balaban J connectivity index is 2.62. The lowest BCUT2D eigenvalue weighted by Crippen LogP contribution is -2.35. The molecule has 2 rings (SSSR count). The Labute approximate surface area is 161 Å². The summed E-state index contributed by atoms with van der Waals surface area (Å²) in [5, 5.41) is 15.4. The maximum absolute atomic E-state index is 10.9. The molecule has 4 heteroatoms. The highest BCUT2D eigenvalue weighted by Crippen LogP contribution is 2.40. The minimum atomic E-state index is -0.0438. The van der Waals surface area contributed by atoms with Crippen LogP contribution in [-0.2, 0) is 12.0 Å². The van der Waals surface area contributed by atoms with Gasteiger partial charge < -0.3 is 10.4 Å². The summed E-state index contributed by atoms with van der Waals surface area (Å²) in [5.41, 5.74) is 3.45. The minimum absolute atomic E-state index is 0.0394. The standard InChI is InChI=1S/C21H27Cl2NO/c1-20(2,3)14-9-13(12-24-21(4,5)6)19(25)17(10-14)16-8-7-15(22)11-18(16)23/h7-11,24-25H,12H2,1-6H3. The second-order valence-corrected chi connectivity index (χ2v) is 9.35. The van der Waals surface area contributed by atoms with Gasteiger partial charge in [0.1, 0.15) is 5.75 Å². The Morgan fingerprint density at radius 1 is 0.920 bits per heavy atom. The molecule has 0 atom stereocenters. The molecular formula is C21H27Cl2NO. The average Bonchev–Trinajstić information content (AvgIpc) is 2.44. The molecule has 0 saturated carbocycles. The predicted octanol–water partition coefficient (Wildman–Crippen LogP) is 6.55. The molecule has 0 unspecified atom stereocenters. The van der Waals surface area contributed by atoms with Crippen molar-refractivity contribution < 1.29 is 5.11 Å². The van der Waals surface area contributed by atoms with Crippen LogP contribution in [0.25, 0.3) is 11.1 Å². The van der Waals surface area contributed by atoms with Crippen molar-refractivity contribution in [1.29, 1.82) is 0 Å². The third-order valence-electron chi connectivity index (χ3n) is 4.09. The van der Waals surface area contributed by atoms with E-state index >= 15 is 0 Å². The second kappa shape index (κ2) is 7.19. The van der Waals surface area contributed by atoms with Crippen LogP contribution in [0.15, 0.2) is 30.3 Å². The van der Waals surface area contributed by atoms with Gasteiger partial charge in [-0.25, -0.2) is 0 Å². The molecule has 136 valence electrons. The number of phenolic OH excluding ortho intramolecular Hbond substituents is 1. The Morgan fingerprint density at radius 3 is 2.08 bits per heavy atom. The number of benzene rings is 2. The number of hydrogen-bond acceptors (Lipinski definition) is 2. The Morgan fingerprint density at radius 2 is 1.56 bits per heavy atom. The van der Waals surface area contributed by atoms with E-state index in [2.05, 4.69) is 52.9 Å². The summed E-state index contributed by atoms with van der Waals surface area (Å²) in [6.07, 6.45) is 0. The summed E-state index contributed by atoms with van der Waals surface area (Å²) >= 11 is 12.4. The van der Waals surface area contributed by atoms with Crippen molar-refractivity contribution >= 4 is 23.2 Å². The zero-order valence-corrected chi connectivity index (χ0v) is 17.3. The zero-order chi connectivity index (χ0) is 19.0. The molecule has 2 nitrogen and oxygen atoms in total. The molecule has 0 spiro atoms. The normalized spacial score (nSPS) is 12.5. The van der Waals surface area contributed by atoms with Crippen molar-refractivity contribution in [2.45, 2.75) is 59.0 Å². The van der Waals surface area contributed by atoms with Gasteiger partial charge in [0.05, 0.1) is 5.02 Å². The number of aromatic hydroxyl groups is 1. The van der Waals surface area contributed by atoms with Crippen LogP contribution in [0.4, 0.5) is 0 Å². The van der Waals surface area contributed by atoms with Gasteiger partial charge in [0.15, 0.2) is 0 Å². The van der Waals surface area contributed by atoms with E-state index in [1.54, 1.807) is 12.1 Å². The van der Waals surface area contributed by atoms with Crippen LogP contribution >= 0.6 is 23.2 Å². The fourth-order valence-corrected chi connectivity index (χ4v) is 3.05. The fourth-order valence-electron chi connectivity index (χ4n) is 2.54. The molecule has 2 aromatic rings. The van der Waals surface area contributed by atoms with Crippen LogP contribution in [0.5, 0.6) is 5.75 Å². The van der Waals surface area contributed by atoms with E-state index < -0.39 is 0 Å². The maximum Gasteiger partial charge on any atom is 0.127 e. The number of halogens is 2. The van der Waals surface area contributed by atoms with Gasteiger partial charge in [-0.15, -0.1) is 0 Å². The van der Waals surface area contributed by atoms with E-state index in [0.717, 1.165) is 22.3 Å². The van der Waals surface area contributed by atoms with Crippen LogP contribution in [-0.4, -0.2) is 10.6 Å².